The van der Waals surface area contributed by atoms with E-state index in [9.17, 15) is 4.79 Å². The number of hydrazine groups is 1. The van der Waals surface area contributed by atoms with Crippen LogP contribution >= 0.6 is 0 Å². The molecular formula is C20H18N8O3. The monoisotopic (exact) mass is 418 g/mol. The molecule has 0 saturated heterocycles. The number of anilines is 3. The van der Waals surface area contributed by atoms with Crippen molar-refractivity contribution in [2.45, 2.75) is 6.92 Å². The van der Waals surface area contributed by atoms with Crippen molar-refractivity contribution in [2.24, 2.45) is 5.10 Å². The molecule has 0 unspecified atom stereocenters. The molecule has 2 heterocycles. The van der Waals surface area contributed by atoms with Crippen LogP contribution in [-0.4, -0.2) is 39.6 Å². The van der Waals surface area contributed by atoms with E-state index in [-0.39, 0.29) is 11.3 Å². The number of rotatable bonds is 7. The first kappa shape index (κ1) is 19.8. The average molecular weight is 418 g/mol. The molecular weight excluding hydrogens is 400 g/mol. The molecule has 11 heteroatoms. The maximum absolute atomic E-state index is 11.5. The van der Waals surface area contributed by atoms with Crippen LogP contribution in [0.3, 0.4) is 0 Å². The highest BCUT2D eigenvalue weighted by molar-refractivity contribution is 5.90. The predicted molar refractivity (Wildman–Crippen MR) is 115 cm³/mol. The molecule has 0 aliphatic heterocycles. The number of hydrazone groups is 1. The molecule has 0 aliphatic carbocycles. The summed E-state index contributed by atoms with van der Waals surface area (Å²) in [7, 11) is 1.34. The van der Waals surface area contributed by atoms with Crippen LogP contribution in [0.25, 0.3) is 11.3 Å². The van der Waals surface area contributed by atoms with Crippen LogP contribution in [-0.2, 0) is 4.74 Å². The first-order valence-electron chi connectivity index (χ1n) is 9.19. The normalized spacial score (nSPS) is 10.9. The second kappa shape index (κ2) is 8.86. The Kier molecular flexibility index (Phi) is 5.65. The second-order valence-electron chi connectivity index (χ2n) is 6.43. The Labute approximate surface area is 176 Å². The highest BCUT2D eigenvalue weighted by Gasteiger charge is 2.12. The van der Waals surface area contributed by atoms with Gasteiger partial charge in [0.2, 0.25) is 11.3 Å². The molecule has 11 nitrogen and oxygen atoms in total. The van der Waals surface area contributed by atoms with Crippen molar-refractivity contribution in [1.29, 1.82) is 0 Å². The number of hydrogen-bond acceptors (Lipinski definition) is 11. The lowest BCUT2D eigenvalue weighted by atomic mass is 10.1. The van der Waals surface area contributed by atoms with Gasteiger partial charge in [0.15, 0.2) is 11.6 Å². The van der Waals surface area contributed by atoms with E-state index in [2.05, 4.69) is 51.0 Å². The fraction of sp³-hybridized carbons (Fsp3) is 0.100. The number of carbonyl (C=O) groups is 1. The van der Waals surface area contributed by atoms with E-state index in [1.807, 2.05) is 31.2 Å². The number of aryl methyl sites for hydroxylation is 1. The summed E-state index contributed by atoms with van der Waals surface area (Å²) >= 11 is 0. The molecule has 156 valence electrons. The van der Waals surface area contributed by atoms with Crippen LogP contribution in [0.5, 0.6) is 0 Å². The quantitative estimate of drug-likeness (QED) is 0.233. The van der Waals surface area contributed by atoms with Crippen molar-refractivity contribution in [2.75, 3.05) is 23.4 Å². The number of fused-ring (bicyclic) bond motifs is 1. The summed E-state index contributed by atoms with van der Waals surface area (Å²) in [5, 5.41) is 11.6. The summed E-state index contributed by atoms with van der Waals surface area (Å²) in [6.07, 6.45) is 1.57. The summed E-state index contributed by atoms with van der Waals surface area (Å²) in [4.78, 5) is 20.2. The average Bonchev–Trinajstić information content (AvgIpc) is 3.26. The van der Waals surface area contributed by atoms with Crippen LogP contribution in [0.1, 0.15) is 21.5 Å². The van der Waals surface area contributed by atoms with Gasteiger partial charge in [-0.25, -0.2) is 9.42 Å². The molecule has 0 bridgehead atoms. The number of carbonyl (C=O) groups excluding carboxylic acids is 1. The van der Waals surface area contributed by atoms with E-state index in [1.165, 1.54) is 7.11 Å². The molecule has 31 heavy (non-hydrogen) atoms. The lowest BCUT2D eigenvalue weighted by Crippen LogP contribution is -2.13. The Balaban J connectivity index is 1.50. The maximum Gasteiger partial charge on any atom is 0.337 e. The number of esters is 1. The van der Waals surface area contributed by atoms with E-state index < -0.39 is 5.97 Å². The zero-order chi connectivity index (χ0) is 21.6. The third-order valence-corrected chi connectivity index (χ3v) is 4.21. The SMILES string of the molecule is COC(=O)c1ccc(/C=N/Nc2nc3nonc3nc2NNc2ccc(C)cc2)cc1. The first-order chi connectivity index (χ1) is 15.1. The number of benzene rings is 2. The van der Waals surface area contributed by atoms with Gasteiger partial charge >= 0.3 is 5.97 Å². The maximum atomic E-state index is 11.5. The molecule has 0 aliphatic rings. The summed E-state index contributed by atoms with van der Waals surface area (Å²) < 4.78 is 9.37. The Morgan fingerprint density at radius 1 is 0.968 bits per heavy atom. The number of ether oxygens (including phenoxy) is 1. The molecule has 4 aromatic rings. The molecule has 4 rings (SSSR count). The molecule has 0 radical (unpaired) electrons. The fourth-order valence-corrected chi connectivity index (χ4v) is 2.56. The topological polar surface area (TPSA) is 139 Å². The number of aromatic nitrogens is 4. The molecule has 0 atom stereocenters. The van der Waals surface area contributed by atoms with Crippen LogP contribution in [0.15, 0.2) is 58.3 Å². The van der Waals surface area contributed by atoms with Gasteiger partial charge in [-0.15, -0.1) is 0 Å². The van der Waals surface area contributed by atoms with Gasteiger partial charge in [-0.05, 0) is 47.1 Å². The Bertz CT molecular complexity index is 1220. The highest BCUT2D eigenvalue weighted by Crippen LogP contribution is 2.20. The molecule has 0 amide bonds. The number of nitrogens with one attached hydrogen (secondary N) is 3. The van der Waals surface area contributed by atoms with E-state index in [0.717, 1.165) is 16.8 Å². The summed E-state index contributed by atoms with van der Waals surface area (Å²) in [5.41, 5.74) is 12.6. The van der Waals surface area contributed by atoms with Crippen LogP contribution in [0, 0.1) is 6.92 Å². The van der Waals surface area contributed by atoms with Gasteiger partial charge in [0, 0.05) is 0 Å². The minimum Gasteiger partial charge on any atom is -0.465 e. The molecule has 0 saturated carbocycles. The Morgan fingerprint density at radius 3 is 2.32 bits per heavy atom. The van der Waals surface area contributed by atoms with Crippen LogP contribution < -0.4 is 16.3 Å². The lowest BCUT2D eigenvalue weighted by Gasteiger charge is -2.11. The zero-order valence-corrected chi connectivity index (χ0v) is 16.7. The minimum atomic E-state index is -0.400. The van der Waals surface area contributed by atoms with Crippen LogP contribution in [0.2, 0.25) is 0 Å². The number of nitrogens with zero attached hydrogens (tertiary/aromatic N) is 5. The molecule has 0 fully saturated rings. The van der Waals surface area contributed by atoms with Crippen molar-refractivity contribution < 1.29 is 14.2 Å². The summed E-state index contributed by atoms with van der Waals surface area (Å²) in [6.45, 7) is 2.01. The van der Waals surface area contributed by atoms with Crippen molar-refractivity contribution in [3.8, 4) is 0 Å². The van der Waals surface area contributed by atoms with Crippen molar-refractivity contribution >= 4 is 40.8 Å². The first-order valence-corrected chi connectivity index (χ1v) is 9.19. The Hall–Kier alpha value is -4.54. The standard InChI is InChI=1S/C20H18N8O3/c1-12-3-9-15(10-4-12)24-26-17-16(22-18-19(23-17)28-31-27-18)25-21-11-13-5-7-14(8-6-13)20(29)30-2/h3-11,24H,1-2H3,(H,22,25,27)(H,23,26,28)/b21-11+. The summed E-state index contributed by atoms with van der Waals surface area (Å²) in [5.74, 6) is 0.260. The zero-order valence-electron chi connectivity index (χ0n) is 16.7. The predicted octanol–water partition coefficient (Wildman–Crippen LogP) is 2.99. The van der Waals surface area contributed by atoms with E-state index in [4.69, 9.17) is 0 Å². The van der Waals surface area contributed by atoms with E-state index in [1.54, 1.807) is 30.5 Å². The van der Waals surface area contributed by atoms with Crippen molar-refractivity contribution in [1.82, 2.24) is 20.3 Å². The number of methoxy groups -OCH3 is 1. The largest absolute Gasteiger partial charge is 0.465 e. The molecule has 2 aromatic heterocycles. The minimum absolute atomic E-state index is 0.237. The third kappa shape index (κ3) is 4.72. The van der Waals surface area contributed by atoms with E-state index in [0.29, 0.717) is 17.2 Å². The smallest absolute Gasteiger partial charge is 0.337 e. The van der Waals surface area contributed by atoms with Gasteiger partial charge in [-0.1, -0.05) is 29.8 Å². The third-order valence-electron chi connectivity index (χ3n) is 4.21. The molecule has 0 spiro atoms. The second-order valence-corrected chi connectivity index (χ2v) is 6.43. The highest BCUT2D eigenvalue weighted by atomic mass is 16.6. The van der Waals surface area contributed by atoms with Gasteiger partial charge in [-0.2, -0.15) is 15.1 Å². The van der Waals surface area contributed by atoms with Crippen LogP contribution in [0.4, 0.5) is 17.3 Å². The molecule has 3 N–H and O–H groups in total. The van der Waals surface area contributed by atoms with Gasteiger partial charge in [0.1, 0.15) is 0 Å². The van der Waals surface area contributed by atoms with Gasteiger partial charge in [-0.3, -0.25) is 16.3 Å². The molecule has 2 aromatic carbocycles. The summed E-state index contributed by atoms with van der Waals surface area (Å²) in [6, 6.07) is 14.6. The fourth-order valence-electron chi connectivity index (χ4n) is 2.56. The Morgan fingerprint density at radius 2 is 1.65 bits per heavy atom. The van der Waals surface area contributed by atoms with Gasteiger partial charge < -0.3 is 4.74 Å². The van der Waals surface area contributed by atoms with E-state index >= 15 is 0 Å². The van der Waals surface area contributed by atoms with Gasteiger partial charge in [0.25, 0.3) is 0 Å². The van der Waals surface area contributed by atoms with Crippen molar-refractivity contribution in [3.05, 3.63) is 65.2 Å². The number of hydrogen-bond donors (Lipinski definition) is 3. The van der Waals surface area contributed by atoms with Crippen molar-refractivity contribution in [3.63, 3.8) is 0 Å². The lowest BCUT2D eigenvalue weighted by molar-refractivity contribution is 0.0600. The van der Waals surface area contributed by atoms with Gasteiger partial charge in [0.05, 0.1) is 24.6 Å².